The van der Waals surface area contributed by atoms with Gasteiger partial charge < -0.3 is 0 Å². The van der Waals surface area contributed by atoms with Crippen molar-refractivity contribution in [2.45, 2.75) is 30.2 Å². The number of benzene rings is 1. The Morgan fingerprint density at radius 3 is 2.65 bits per heavy atom. The molecule has 1 N–H and O–H groups in total. The smallest absolute Gasteiger partial charge is 0.270 e. The molecule has 1 unspecified atom stereocenters. The number of hydrogen-bond acceptors (Lipinski definition) is 6. The molecule has 0 aliphatic carbocycles. The Labute approximate surface area is 156 Å². The Morgan fingerprint density at radius 1 is 1.23 bits per heavy atom. The first-order valence-corrected chi connectivity index (χ1v) is 10.9. The standard InChI is InChI=1S/C17H21N3O4S2/c21-20(22)15-5-4-6-16(11-15)26(23,24)18-12-17(14-7-10-25-13-14)19-8-2-1-3-9-19/h4-7,10-11,13,17-18H,1-3,8-9,12H2. The fourth-order valence-corrected chi connectivity index (χ4v) is 4.97. The van der Waals surface area contributed by atoms with Crippen molar-refractivity contribution >= 4 is 27.0 Å². The Hall–Kier alpha value is -1.81. The quantitative estimate of drug-likeness (QED) is 0.574. The van der Waals surface area contributed by atoms with E-state index in [1.807, 2.05) is 16.8 Å². The van der Waals surface area contributed by atoms with Crippen LogP contribution in [0.3, 0.4) is 0 Å². The van der Waals surface area contributed by atoms with E-state index in [9.17, 15) is 18.5 Å². The lowest BCUT2D eigenvalue weighted by Crippen LogP contribution is -2.40. The molecule has 0 saturated carbocycles. The lowest BCUT2D eigenvalue weighted by molar-refractivity contribution is -0.385. The summed E-state index contributed by atoms with van der Waals surface area (Å²) >= 11 is 1.59. The molecule has 26 heavy (non-hydrogen) atoms. The molecule has 1 atom stereocenters. The predicted octanol–water partition coefficient (Wildman–Crippen LogP) is 3.16. The van der Waals surface area contributed by atoms with Crippen LogP contribution < -0.4 is 4.72 Å². The number of nitro groups is 1. The normalized spacial score (nSPS) is 17.1. The van der Waals surface area contributed by atoms with Crippen LogP contribution in [0.2, 0.25) is 0 Å². The molecule has 1 saturated heterocycles. The first kappa shape index (κ1) is 19.0. The van der Waals surface area contributed by atoms with Gasteiger partial charge in [-0.15, -0.1) is 0 Å². The molecular weight excluding hydrogens is 374 g/mol. The van der Waals surface area contributed by atoms with Crippen LogP contribution in [0.1, 0.15) is 30.9 Å². The van der Waals surface area contributed by atoms with E-state index < -0.39 is 14.9 Å². The molecule has 0 spiro atoms. The monoisotopic (exact) mass is 395 g/mol. The third kappa shape index (κ3) is 4.47. The van der Waals surface area contributed by atoms with E-state index in [0.717, 1.165) is 37.6 Å². The Kier molecular flexibility index (Phi) is 6.02. The number of nitrogens with zero attached hydrogens (tertiary/aromatic N) is 2. The van der Waals surface area contributed by atoms with Crippen molar-refractivity contribution < 1.29 is 13.3 Å². The molecule has 3 rings (SSSR count). The lowest BCUT2D eigenvalue weighted by atomic mass is 10.0. The lowest BCUT2D eigenvalue weighted by Gasteiger charge is -2.34. The number of non-ortho nitro benzene ring substituents is 1. The molecule has 2 aromatic rings. The highest BCUT2D eigenvalue weighted by molar-refractivity contribution is 7.89. The molecule has 0 radical (unpaired) electrons. The van der Waals surface area contributed by atoms with Crippen LogP contribution in [0, 0.1) is 10.1 Å². The SMILES string of the molecule is O=[N+]([O-])c1cccc(S(=O)(=O)NCC(c2ccsc2)N2CCCCC2)c1. The van der Waals surface area contributed by atoms with Crippen molar-refractivity contribution in [1.82, 2.24) is 9.62 Å². The third-order valence-electron chi connectivity index (χ3n) is 4.56. The summed E-state index contributed by atoms with van der Waals surface area (Å²) in [6.07, 6.45) is 3.42. The van der Waals surface area contributed by atoms with Crippen molar-refractivity contribution in [3.05, 3.63) is 56.8 Å². The van der Waals surface area contributed by atoms with E-state index in [2.05, 4.69) is 9.62 Å². The summed E-state index contributed by atoms with van der Waals surface area (Å²) in [5, 5.41) is 14.9. The minimum absolute atomic E-state index is 0.0324. The van der Waals surface area contributed by atoms with Crippen molar-refractivity contribution in [2.75, 3.05) is 19.6 Å². The van der Waals surface area contributed by atoms with Gasteiger partial charge in [0, 0.05) is 24.7 Å². The molecular formula is C17H21N3O4S2. The minimum atomic E-state index is -3.82. The first-order chi connectivity index (χ1) is 12.5. The van der Waals surface area contributed by atoms with Gasteiger partial charge in [-0.05, 0) is 54.4 Å². The molecule has 7 nitrogen and oxygen atoms in total. The van der Waals surface area contributed by atoms with E-state index in [4.69, 9.17) is 0 Å². The van der Waals surface area contributed by atoms with Gasteiger partial charge in [-0.2, -0.15) is 11.3 Å². The number of rotatable bonds is 7. The topological polar surface area (TPSA) is 92.5 Å². The Balaban J connectivity index is 1.77. The van der Waals surface area contributed by atoms with Gasteiger partial charge in [-0.1, -0.05) is 12.5 Å². The number of nitrogens with one attached hydrogen (secondary N) is 1. The first-order valence-electron chi connectivity index (χ1n) is 8.47. The summed E-state index contributed by atoms with van der Waals surface area (Å²) in [6.45, 7) is 2.12. The van der Waals surface area contributed by atoms with E-state index in [1.165, 1.54) is 24.6 Å². The molecule has 0 amide bonds. The molecule has 1 aliphatic rings. The number of sulfonamides is 1. The highest BCUT2D eigenvalue weighted by atomic mass is 32.2. The van der Waals surface area contributed by atoms with Gasteiger partial charge >= 0.3 is 0 Å². The Morgan fingerprint density at radius 2 is 2.00 bits per heavy atom. The second-order valence-corrected chi connectivity index (χ2v) is 8.82. The van der Waals surface area contributed by atoms with Gasteiger partial charge in [-0.25, -0.2) is 13.1 Å². The largest absolute Gasteiger partial charge is 0.295 e. The van der Waals surface area contributed by atoms with Crippen LogP contribution in [0.25, 0.3) is 0 Å². The number of nitro benzene ring substituents is 1. The minimum Gasteiger partial charge on any atom is -0.295 e. The Bertz CT molecular complexity index is 847. The third-order valence-corrected chi connectivity index (χ3v) is 6.69. The van der Waals surface area contributed by atoms with Crippen LogP contribution in [0.4, 0.5) is 5.69 Å². The van der Waals surface area contributed by atoms with Crippen molar-refractivity contribution in [1.29, 1.82) is 0 Å². The van der Waals surface area contributed by atoms with Gasteiger partial charge in [0.15, 0.2) is 0 Å². The van der Waals surface area contributed by atoms with Gasteiger partial charge in [0.25, 0.3) is 5.69 Å². The summed E-state index contributed by atoms with van der Waals surface area (Å²) < 4.78 is 27.9. The zero-order valence-corrected chi connectivity index (χ0v) is 15.8. The van der Waals surface area contributed by atoms with Gasteiger partial charge in [-0.3, -0.25) is 15.0 Å². The second-order valence-electron chi connectivity index (χ2n) is 6.28. The van der Waals surface area contributed by atoms with E-state index >= 15 is 0 Å². The van der Waals surface area contributed by atoms with Crippen LogP contribution in [0.5, 0.6) is 0 Å². The summed E-state index contributed by atoms with van der Waals surface area (Å²) in [5.74, 6) is 0. The van der Waals surface area contributed by atoms with E-state index in [1.54, 1.807) is 11.3 Å². The number of hydrogen-bond donors (Lipinski definition) is 1. The maximum Gasteiger partial charge on any atom is 0.270 e. The van der Waals surface area contributed by atoms with Gasteiger partial charge in [0.2, 0.25) is 10.0 Å². The average Bonchev–Trinajstić information content (AvgIpc) is 3.17. The van der Waals surface area contributed by atoms with Gasteiger partial charge in [0.05, 0.1) is 9.82 Å². The van der Waals surface area contributed by atoms with Crippen molar-refractivity contribution in [3.63, 3.8) is 0 Å². The number of likely N-dealkylation sites (tertiary alicyclic amines) is 1. The molecule has 1 aliphatic heterocycles. The zero-order valence-electron chi connectivity index (χ0n) is 14.2. The predicted molar refractivity (Wildman–Crippen MR) is 101 cm³/mol. The second kappa shape index (κ2) is 8.26. The van der Waals surface area contributed by atoms with Crippen molar-refractivity contribution in [2.24, 2.45) is 0 Å². The van der Waals surface area contributed by atoms with E-state index in [0.29, 0.717) is 0 Å². The van der Waals surface area contributed by atoms with Gasteiger partial charge in [0.1, 0.15) is 0 Å². The summed E-state index contributed by atoms with van der Waals surface area (Å²) in [4.78, 5) is 12.5. The van der Waals surface area contributed by atoms with Crippen LogP contribution in [-0.2, 0) is 10.0 Å². The summed E-state index contributed by atoms with van der Waals surface area (Å²) in [6, 6.07) is 7.11. The van der Waals surface area contributed by atoms with E-state index in [-0.39, 0.29) is 23.2 Å². The van der Waals surface area contributed by atoms with Crippen molar-refractivity contribution in [3.8, 4) is 0 Å². The molecule has 1 aromatic heterocycles. The maximum absolute atomic E-state index is 12.6. The zero-order chi connectivity index (χ0) is 18.6. The number of piperidine rings is 1. The highest BCUT2D eigenvalue weighted by Crippen LogP contribution is 2.26. The molecule has 140 valence electrons. The highest BCUT2D eigenvalue weighted by Gasteiger charge is 2.25. The molecule has 1 fully saturated rings. The van der Waals surface area contributed by atoms with Crippen LogP contribution in [0.15, 0.2) is 46.0 Å². The average molecular weight is 396 g/mol. The summed E-state index contributed by atoms with van der Waals surface area (Å²) in [5.41, 5.74) is 0.858. The molecule has 9 heteroatoms. The van der Waals surface area contributed by atoms with Crippen LogP contribution >= 0.6 is 11.3 Å². The number of thiophene rings is 1. The molecule has 0 bridgehead atoms. The fourth-order valence-electron chi connectivity index (χ4n) is 3.19. The maximum atomic E-state index is 12.6. The fraction of sp³-hybridized carbons (Fsp3) is 0.412. The van der Waals surface area contributed by atoms with Crippen LogP contribution in [-0.4, -0.2) is 37.9 Å². The molecule has 2 heterocycles. The summed E-state index contributed by atoms with van der Waals surface area (Å²) in [7, 11) is -3.82. The molecule has 1 aromatic carbocycles.